The molecule has 1 aromatic rings. The van der Waals surface area contributed by atoms with E-state index in [1.165, 1.54) is 0 Å². The van der Waals surface area contributed by atoms with E-state index in [-0.39, 0.29) is 11.9 Å². The van der Waals surface area contributed by atoms with Gasteiger partial charge in [0.15, 0.2) is 0 Å². The Balaban J connectivity index is 2.36. The van der Waals surface area contributed by atoms with E-state index in [4.69, 9.17) is 4.74 Å². The quantitative estimate of drug-likeness (QED) is 0.847. The second-order valence-electron chi connectivity index (χ2n) is 3.94. The molecule has 1 N–H and O–H groups in total. The second-order valence-corrected chi connectivity index (χ2v) is 3.94. The average Bonchev–Trinajstić information content (AvgIpc) is 2.79. The van der Waals surface area contributed by atoms with Gasteiger partial charge in [-0.1, -0.05) is 18.2 Å². The molecule has 86 valence electrons. The van der Waals surface area contributed by atoms with E-state index >= 15 is 0 Å². The number of hydrogen-bond donors (Lipinski definition) is 1. The molecule has 0 fully saturated rings. The summed E-state index contributed by atoms with van der Waals surface area (Å²) in [4.78, 5) is 0. The topological polar surface area (TPSA) is 21.3 Å². The molecule has 0 saturated heterocycles. The highest BCUT2D eigenvalue weighted by Crippen LogP contribution is 2.28. The van der Waals surface area contributed by atoms with Crippen LogP contribution in [0.3, 0.4) is 0 Å². The van der Waals surface area contributed by atoms with Crippen LogP contribution in [0.25, 0.3) is 0 Å². The van der Waals surface area contributed by atoms with Crippen LogP contribution in [0.2, 0.25) is 0 Å². The highest BCUT2D eigenvalue weighted by molar-refractivity contribution is 5.32. The Bertz CT molecular complexity index is 414. The minimum absolute atomic E-state index is 0.154. The molecule has 0 amide bonds. The van der Waals surface area contributed by atoms with Crippen molar-refractivity contribution < 1.29 is 9.13 Å². The summed E-state index contributed by atoms with van der Waals surface area (Å²) in [7, 11) is 1.81. The largest absolute Gasteiger partial charge is 0.496 e. The number of benzene rings is 1. The maximum Gasteiger partial charge on any atom is 0.131 e. The van der Waals surface area contributed by atoms with E-state index in [0.717, 1.165) is 12.2 Å². The number of halogens is 1. The molecule has 0 bridgehead atoms. The predicted molar refractivity (Wildman–Crippen MR) is 61.6 cm³/mol. The maximum atomic E-state index is 14.0. The van der Waals surface area contributed by atoms with E-state index in [0.29, 0.717) is 17.7 Å². The van der Waals surface area contributed by atoms with E-state index in [2.05, 4.69) is 5.32 Å². The van der Waals surface area contributed by atoms with Crippen LogP contribution in [0.15, 0.2) is 30.0 Å². The van der Waals surface area contributed by atoms with Crippen LogP contribution in [-0.4, -0.2) is 13.7 Å². The zero-order valence-electron chi connectivity index (χ0n) is 9.59. The lowest BCUT2D eigenvalue weighted by molar-refractivity contribution is 0.216. The van der Waals surface area contributed by atoms with Gasteiger partial charge in [0.1, 0.15) is 11.6 Å². The molecule has 1 atom stereocenters. The zero-order valence-corrected chi connectivity index (χ0v) is 9.59. The lowest BCUT2D eigenvalue weighted by Gasteiger charge is -2.19. The molecule has 16 heavy (non-hydrogen) atoms. The third-order valence-corrected chi connectivity index (χ3v) is 2.84. The second kappa shape index (κ2) is 4.66. The summed E-state index contributed by atoms with van der Waals surface area (Å²) >= 11 is 0. The number of hydrogen-bond acceptors (Lipinski definition) is 2. The summed E-state index contributed by atoms with van der Waals surface area (Å²) in [5, 5.41) is 3.10. The van der Waals surface area contributed by atoms with Gasteiger partial charge < -0.3 is 10.1 Å². The Hall–Kier alpha value is -1.35. The first kappa shape index (κ1) is 11.1. The molecule has 0 aliphatic carbocycles. The smallest absolute Gasteiger partial charge is 0.131 e. The van der Waals surface area contributed by atoms with Gasteiger partial charge in [-0.3, -0.25) is 0 Å². The highest BCUT2D eigenvalue weighted by Gasteiger charge is 2.22. The minimum atomic E-state index is -0.178. The molecule has 1 aromatic carbocycles. The van der Waals surface area contributed by atoms with Crippen LogP contribution in [0.1, 0.15) is 23.6 Å². The van der Waals surface area contributed by atoms with Crippen molar-refractivity contribution in [1.82, 2.24) is 5.32 Å². The summed E-state index contributed by atoms with van der Waals surface area (Å²) in [5.41, 5.74) is 1.31. The van der Waals surface area contributed by atoms with Crippen LogP contribution < -0.4 is 5.32 Å². The Morgan fingerprint density at radius 3 is 2.88 bits per heavy atom. The summed E-state index contributed by atoms with van der Waals surface area (Å²) < 4.78 is 19.5. The number of likely N-dealkylation sites (N-methyl/N-ethyl adjacent to an activating group) is 1. The van der Waals surface area contributed by atoms with Gasteiger partial charge in [-0.25, -0.2) is 4.39 Å². The van der Waals surface area contributed by atoms with E-state index in [9.17, 15) is 4.39 Å². The first-order valence-electron chi connectivity index (χ1n) is 5.49. The number of nitrogens with one attached hydrogen (secondary N) is 1. The van der Waals surface area contributed by atoms with Crippen molar-refractivity contribution in [1.29, 1.82) is 0 Å². The zero-order chi connectivity index (χ0) is 11.5. The fourth-order valence-corrected chi connectivity index (χ4v) is 1.98. The van der Waals surface area contributed by atoms with E-state index < -0.39 is 0 Å². The Kier molecular flexibility index (Phi) is 3.25. The van der Waals surface area contributed by atoms with E-state index in [1.807, 2.05) is 19.2 Å². The Labute approximate surface area is 95.1 Å². The van der Waals surface area contributed by atoms with Gasteiger partial charge in [0, 0.05) is 12.0 Å². The fourth-order valence-electron chi connectivity index (χ4n) is 1.98. The third kappa shape index (κ3) is 1.95. The third-order valence-electron chi connectivity index (χ3n) is 2.84. The molecular weight excluding hydrogens is 205 g/mol. The van der Waals surface area contributed by atoms with Crippen molar-refractivity contribution in [2.45, 2.75) is 19.4 Å². The standard InChI is InChI=1S/C13H16FNO/c1-9-5-3-6-10(12(9)14)13(15-2)11-7-4-8-16-11/h3,5-7,13,15H,4,8H2,1-2H3. The SMILES string of the molecule is CNC(C1=CCCO1)c1cccc(C)c1F. The molecule has 1 heterocycles. The van der Waals surface area contributed by atoms with Crippen molar-refractivity contribution >= 4 is 0 Å². The van der Waals surface area contributed by atoms with Crippen molar-refractivity contribution in [3.05, 3.63) is 47.0 Å². The average molecular weight is 221 g/mol. The van der Waals surface area contributed by atoms with Gasteiger partial charge >= 0.3 is 0 Å². The van der Waals surface area contributed by atoms with Crippen molar-refractivity contribution in [2.75, 3.05) is 13.7 Å². The minimum Gasteiger partial charge on any atom is -0.496 e. The summed E-state index contributed by atoms with van der Waals surface area (Å²) in [5.74, 6) is 0.672. The molecule has 1 aliphatic rings. The molecule has 3 heteroatoms. The summed E-state index contributed by atoms with van der Waals surface area (Å²) in [6, 6.07) is 5.26. The molecule has 0 aromatic heterocycles. The predicted octanol–water partition coefficient (Wildman–Crippen LogP) is 2.70. The van der Waals surface area contributed by atoms with Gasteiger partial charge in [0.25, 0.3) is 0 Å². The molecular formula is C13H16FNO. The molecule has 0 spiro atoms. The van der Waals surface area contributed by atoms with Crippen LogP contribution in [0.5, 0.6) is 0 Å². The van der Waals surface area contributed by atoms with Gasteiger partial charge in [0.2, 0.25) is 0 Å². The molecule has 0 radical (unpaired) electrons. The maximum absolute atomic E-state index is 14.0. The van der Waals surface area contributed by atoms with Crippen molar-refractivity contribution in [2.24, 2.45) is 0 Å². The molecule has 0 saturated carbocycles. The van der Waals surface area contributed by atoms with Crippen LogP contribution in [0.4, 0.5) is 4.39 Å². The number of rotatable bonds is 3. The van der Waals surface area contributed by atoms with E-state index in [1.54, 1.807) is 19.1 Å². The van der Waals surface area contributed by atoms with Gasteiger partial charge in [0.05, 0.1) is 12.6 Å². The van der Waals surface area contributed by atoms with Crippen LogP contribution >= 0.6 is 0 Å². The van der Waals surface area contributed by atoms with Gasteiger partial charge in [-0.2, -0.15) is 0 Å². The van der Waals surface area contributed by atoms with Crippen LogP contribution in [-0.2, 0) is 4.74 Å². The first-order valence-corrected chi connectivity index (χ1v) is 5.49. The highest BCUT2D eigenvalue weighted by atomic mass is 19.1. The number of aryl methyl sites for hydroxylation is 1. The Morgan fingerprint density at radius 1 is 1.44 bits per heavy atom. The van der Waals surface area contributed by atoms with Crippen LogP contribution in [0, 0.1) is 12.7 Å². The Morgan fingerprint density at radius 2 is 2.25 bits per heavy atom. The van der Waals surface area contributed by atoms with Gasteiger partial charge in [-0.15, -0.1) is 0 Å². The first-order chi connectivity index (χ1) is 7.74. The summed E-state index contributed by atoms with van der Waals surface area (Å²) in [6.07, 6.45) is 2.92. The number of ether oxygens (including phenoxy) is 1. The van der Waals surface area contributed by atoms with Crippen molar-refractivity contribution in [3.63, 3.8) is 0 Å². The molecule has 2 nitrogen and oxygen atoms in total. The fraction of sp³-hybridized carbons (Fsp3) is 0.385. The summed E-state index contributed by atoms with van der Waals surface area (Å²) in [6.45, 7) is 2.47. The normalized spacial score (nSPS) is 16.8. The monoisotopic (exact) mass is 221 g/mol. The molecule has 1 unspecified atom stereocenters. The lowest BCUT2D eigenvalue weighted by Crippen LogP contribution is -2.20. The molecule has 1 aliphatic heterocycles. The van der Waals surface area contributed by atoms with Gasteiger partial charge in [-0.05, 0) is 25.6 Å². The molecule has 2 rings (SSSR count). The van der Waals surface area contributed by atoms with Crippen molar-refractivity contribution in [3.8, 4) is 0 Å². The lowest BCUT2D eigenvalue weighted by atomic mass is 10.0.